The van der Waals surface area contributed by atoms with Crippen LogP contribution in [0.15, 0.2) is 30.3 Å². The Hall–Kier alpha value is -1.43. The first kappa shape index (κ1) is 16.4. The lowest BCUT2D eigenvalue weighted by Crippen LogP contribution is -2.52. The summed E-state index contributed by atoms with van der Waals surface area (Å²) < 4.78 is 0. The fraction of sp³-hybridized carbons (Fsp3) is 0.611. The van der Waals surface area contributed by atoms with Gasteiger partial charge in [-0.15, -0.1) is 0 Å². The van der Waals surface area contributed by atoms with Crippen molar-refractivity contribution in [1.82, 2.24) is 20.4 Å². The molecule has 23 heavy (non-hydrogen) atoms. The number of piperidine rings is 1. The maximum absolute atomic E-state index is 12.2. The van der Waals surface area contributed by atoms with Crippen LogP contribution >= 0.6 is 0 Å². The van der Waals surface area contributed by atoms with Crippen LogP contribution in [0.2, 0.25) is 0 Å². The molecule has 1 amide bonds. The molecule has 1 atom stereocenters. The molecule has 1 aromatic carbocycles. The smallest absolute Gasteiger partial charge is 0.234 e. The minimum Gasteiger partial charge on any atom is -0.351 e. The Balaban J connectivity index is 1.36. The van der Waals surface area contributed by atoms with Crippen LogP contribution in [0.5, 0.6) is 0 Å². The van der Waals surface area contributed by atoms with Gasteiger partial charge in [-0.25, -0.2) is 0 Å². The SMILES string of the molecule is O=C(CN1CCN(Cc2ccccc2)CC1)N[C@H]1CCCNC1. The van der Waals surface area contributed by atoms with Gasteiger partial charge in [0.2, 0.25) is 5.91 Å². The standard InChI is InChI=1S/C18H28N4O/c23-18(20-17-7-4-8-19-13-17)15-22-11-9-21(10-12-22)14-16-5-2-1-3-6-16/h1-3,5-6,17,19H,4,7-15H2,(H,20,23)/t17-/m0/s1. The van der Waals surface area contributed by atoms with Gasteiger partial charge in [-0.2, -0.15) is 0 Å². The highest BCUT2D eigenvalue weighted by Crippen LogP contribution is 2.08. The molecule has 5 nitrogen and oxygen atoms in total. The van der Waals surface area contributed by atoms with E-state index < -0.39 is 0 Å². The van der Waals surface area contributed by atoms with E-state index >= 15 is 0 Å². The largest absolute Gasteiger partial charge is 0.351 e. The van der Waals surface area contributed by atoms with E-state index in [1.807, 2.05) is 0 Å². The zero-order valence-corrected chi connectivity index (χ0v) is 13.8. The molecule has 0 radical (unpaired) electrons. The second-order valence-electron chi connectivity index (χ2n) is 6.65. The molecular weight excluding hydrogens is 288 g/mol. The van der Waals surface area contributed by atoms with Gasteiger partial charge in [-0.3, -0.25) is 14.6 Å². The Morgan fingerprint density at radius 1 is 1.13 bits per heavy atom. The van der Waals surface area contributed by atoms with Gasteiger partial charge in [0.15, 0.2) is 0 Å². The molecule has 2 saturated heterocycles. The van der Waals surface area contributed by atoms with Gasteiger partial charge < -0.3 is 10.6 Å². The van der Waals surface area contributed by atoms with Crippen molar-refractivity contribution in [2.24, 2.45) is 0 Å². The molecule has 2 aliphatic rings. The topological polar surface area (TPSA) is 47.6 Å². The van der Waals surface area contributed by atoms with Crippen LogP contribution < -0.4 is 10.6 Å². The molecule has 5 heteroatoms. The maximum Gasteiger partial charge on any atom is 0.234 e. The van der Waals surface area contributed by atoms with Crippen molar-refractivity contribution < 1.29 is 4.79 Å². The first-order valence-corrected chi connectivity index (χ1v) is 8.78. The molecule has 2 aliphatic heterocycles. The van der Waals surface area contributed by atoms with Crippen LogP contribution in [-0.2, 0) is 11.3 Å². The van der Waals surface area contributed by atoms with E-state index in [4.69, 9.17) is 0 Å². The molecule has 126 valence electrons. The number of benzene rings is 1. The first-order valence-electron chi connectivity index (χ1n) is 8.78. The lowest BCUT2D eigenvalue weighted by Gasteiger charge is -2.34. The summed E-state index contributed by atoms with van der Waals surface area (Å²) >= 11 is 0. The average Bonchev–Trinajstić information content (AvgIpc) is 2.58. The fourth-order valence-electron chi connectivity index (χ4n) is 3.40. The van der Waals surface area contributed by atoms with Gasteiger partial charge in [-0.1, -0.05) is 30.3 Å². The molecule has 0 unspecified atom stereocenters. The summed E-state index contributed by atoms with van der Waals surface area (Å²) in [5, 5.41) is 6.50. The number of hydrogen-bond donors (Lipinski definition) is 2. The van der Waals surface area contributed by atoms with Crippen molar-refractivity contribution >= 4 is 5.91 Å². The fourth-order valence-corrected chi connectivity index (χ4v) is 3.40. The Bertz CT molecular complexity index is 479. The summed E-state index contributed by atoms with van der Waals surface area (Å²) in [6.07, 6.45) is 2.26. The molecule has 1 aromatic rings. The Labute approximate surface area is 139 Å². The Morgan fingerprint density at radius 3 is 2.57 bits per heavy atom. The summed E-state index contributed by atoms with van der Waals surface area (Å²) in [6.45, 7) is 7.56. The van der Waals surface area contributed by atoms with Crippen molar-refractivity contribution in [3.05, 3.63) is 35.9 Å². The molecule has 2 heterocycles. The third-order valence-electron chi connectivity index (χ3n) is 4.74. The zero-order valence-electron chi connectivity index (χ0n) is 13.8. The quantitative estimate of drug-likeness (QED) is 0.838. The monoisotopic (exact) mass is 316 g/mol. The van der Waals surface area contributed by atoms with E-state index in [0.29, 0.717) is 12.6 Å². The van der Waals surface area contributed by atoms with E-state index in [1.54, 1.807) is 0 Å². The number of nitrogens with one attached hydrogen (secondary N) is 2. The van der Waals surface area contributed by atoms with Crippen LogP contribution in [0.25, 0.3) is 0 Å². The lowest BCUT2D eigenvalue weighted by molar-refractivity contribution is -0.123. The molecule has 2 fully saturated rings. The number of hydrogen-bond acceptors (Lipinski definition) is 4. The average molecular weight is 316 g/mol. The minimum absolute atomic E-state index is 0.176. The van der Waals surface area contributed by atoms with Gasteiger partial charge in [0.05, 0.1) is 6.54 Å². The second kappa shape index (κ2) is 8.43. The number of carbonyl (C=O) groups is 1. The summed E-state index contributed by atoms with van der Waals surface area (Å²) in [5.41, 5.74) is 1.36. The highest BCUT2D eigenvalue weighted by atomic mass is 16.2. The highest BCUT2D eigenvalue weighted by Gasteiger charge is 2.21. The van der Waals surface area contributed by atoms with Crippen molar-refractivity contribution in [2.75, 3.05) is 45.8 Å². The normalized spacial score (nSPS) is 23.6. The number of rotatable bonds is 5. The number of carbonyl (C=O) groups excluding carboxylic acids is 1. The van der Waals surface area contributed by atoms with E-state index in [1.165, 1.54) is 5.56 Å². The van der Waals surface area contributed by atoms with Gasteiger partial charge >= 0.3 is 0 Å². The lowest BCUT2D eigenvalue weighted by atomic mass is 10.1. The van der Waals surface area contributed by atoms with E-state index in [-0.39, 0.29) is 5.91 Å². The molecule has 0 bridgehead atoms. The minimum atomic E-state index is 0.176. The van der Waals surface area contributed by atoms with Crippen molar-refractivity contribution in [3.63, 3.8) is 0 Å². The number of nitrogens with zero attached hydrogens (tertiary/aromatic N) is 2. The van der Waals surface area contributed by atoms with Gasteiger partial charge in [-0.05, 0) is 24.9 Å². The summed E-state index contributed by atoms with van der Waals surface area (Å²) in [5.74, 6) is 0.176. The summed E-state index contributed by atoms with van der Waals surface area (Å²) in [7, 11) is 0. The first-order chi connectivity index (χ1) is 11.3. The number of amides is 1. The van der Waals surface area contributed by atoms with E-state index in [0.717, 1.165) is 58.7 Å². The molecule has 0 saturated carbocycles. The van der Waals surface area contributed by atoms with Crippen LogP contribution in [0, 0.1) is 0 Å². The molecule has 3 rings (SSSR count). The van der Waals surface area contributed by atoms with Gasteiger partial charge in [0.1, 0.15) is 0 Å². The van der Waals surface area contributed by atoms with Crippen molar-refractivity contribution in [3.8, 4) is 0 Å². The molecule has 2 N–H and O–H groups in total. The zero-order chi connectivity index (χ0) is 15.9. The molecule has 0 aliphatic carbocycles. The van der Waals surface area contributed by atoms with E-state index in [2.05, 4.69) is 50.8 Å². The van der Waals surface area contributed by atoms with Gasteiger partial charge in [0, 0.05) is 45.3 Å². The molecule has 0 aromatic heterocycles. The maximum atomic E-state index is 12.2. The second-order valence-corrected chi connectivity index (χ2v) is 6.65. The van der Waals surface area contributed by atoms with Crippen LogP contribution in [0.1, 0.15) is 18.4 Å². The summed E-state index contributed by atoms with van der Waals surface area (Å²) in [4.78, 5) is 16.9. The van der Waals surface area contributed by atoms with Crippen LogP contribution in [0.4, 0.5) is 0 Å². The Morgan fingerprint density at radius 2 is 1.87 bits per heavy atom. The third kappa shape index (κ3) is 5.30. The Kier molecular flexibility index (Phi) is 6.02. The predicted molar refractivity (Wildman–Crippen MR) is 92.2 cm³/mol. The molecular formula is C18H28N4O. The predicted octanol–water partition coefficient (Wildman–Crippen LogP) is 0.672. The van der Waals surface area contributed by atoms with E-state index in [9.17, 15) is 4.79 Å². The van der Waals surface area contributed by atoms with Crippen molar-refractivity contribution in [2.45, 2.75) is 25.4 Å². The summed E-state index contributed by atoms with van der Waals surface area (Å²) in [6, 6.07) is 10.9. The third-order valence-corrected chi connectivity index (χ3v) is 4.74. The van der Waals surface area contributed by atoms with Crippen LogP contribution in [0.3, 0.4) is 0 Å². The van der Waals surface area contributed by atoms with Gasteiger partial charge in [0.25, 0.3) is 0 Å². The van der Waals surface area contributed by atoms with Crippen LogP contribution in [-0.4, -0.2) is 67.6 Å². The number of piperazine rings is 1. The highest BCUT2D eigenvalue weighted by molar-refractivity contribution is 5.78. The van der Waals surface area contributed by atoms with Crippen molar-refractivity contribution in [1.29, 1.82) is 0 Å². The molecule has 0 spiro atoms.